The molecule has 3 aromatic carbocycles. The molecular formula is C26H23FN2O5. The highest BCUT2D eigenvalue weighted by molar-refractivity contribution is 6.01. The second kappa shape index (κ2) is 12.0. The summed E-state index contributed by atoms with van der Waals surface area (Å²) in [6.07, 6.45) is -0.244. The molecule has 0 bridgehead atoms. The molecule has 7 nitrogen and oxygen atoms in total. The zero-order chi connectivity index (χ0) is 24.3. The van der Waals surface area contributed by atoms with Crippen LogP contribution in [0.15, 0.2) is 78.0 Å². The first-order valence-electron chi connectivity index (χ1n) is 10.4. The smallest absolute Gasteiger partial charge is 0.305 e. The molecule has 0 radical (unpaired) electrons. The van der Waals surface area contributed by atoms with Gasteiger partial charge in [0.25, 0.3) is 0 Å². The maximum atomic E-state index is 13.5. The first kappa shape index (κ1) is 24.3. The van der Waals surface area contributed by atoms with Crippen LogP contribution < -0.4 is 9.47 Å². The summed E-state index contributed by atoms with van der Waals surface area (Å²) in [7, 11) is 1.42. The maximum absolute atomic E-state index is 13.5. The summed E-state index contributed by atoms with van der Waals surface area (Å²) in [5, 5.41) is 22.0. The SMILES string of the molecule is CON=C(COc1ccc(COc2ccc(C(C#N)CC(=O)O)cc2)cc1)c1cccc(F)c1. The fourth-order valence-corrected chi connectivity index (χ4v) is 3.15. The number of rotatable bonds is 11. The van der Waals surface area contributed by atoms with Gasteiger partial charge >= 0.3 is 5.97 Å². The van der Waals surface area contributed by atoms with Crippen molar-refractivity contribution in [1.29, 1.82) is 5.26 Å². The standard InChI is InChI=1S/C26H23FN2O5/c1-32-29-25(20-3-2-4-22(27)13-20)17-34-23-9-5-18(6-10-23)16-33-24-11-7-19(8-12-24)21(15-28)14-26(30)31/h2-13,21H,14,16-17H2,1H3,(H,30,31). The predicted octanol–water partition coefficient (Wildman–Crippen LogP) is 4.92. The van der Waals surface area contributed by atoms with Gasteiger partial charge in [-0.3, -0.25) is 4.79 Å². The summed E-state index contributed by atoms with van der Waals surface area (Å²) in [6.45, 7) is 0.418. The number of halogens is 1. The highest BCUT2D eigenvalue weighted by atomic mass is 19.1. The van der Waals surface area contributed by atoms with Crippen molar-refractivity contribution in [3.63, 3.8) is 0 Å². The van der Waals surface area contributed by atoms with E-state index in [4.69, 9.17) is 24.7 Å². The fourth-order valence-electron chi connectivity index (χ4n) is 3.15. The molecule has 3 rings (SSSR count). The van der Waals surface area contributed by atoms with Crippen LogP contribution in [0.3, 0.4) is 0 Å². The minimum absolute atomic E-state index is 0.102. The minimum Gasteiger partial charge on any atom is -0.489 e. The normalized spacial score (nSPS) is 11.9. The highest BCUT2D eigenvalue weighted by Crippen LogP contribution is 2.23. The number of hydrogen-bond donors (Lipinski definition) is 1. The molecule has 0 spiro atoms. The van der Waals surface area contributed by atoms with Crippen molar-refractivity contribution in [2.24, 2.45) is 5.16 Å². The van der Waals surface area contributed by atoms with Gasteiger partial charge in [-0.05, 0) is 47.5 Å². The average molecular weight is 462 g/mol. The Bertz CT molecular complexity index is 1170. The molecule has 174 valence electrons. The third-order valence-corrected chi connectivity index (χ3v) is 4.88. The van der Waals surface area contributed by atoms with E-state index in [2.05, 4.69) is 5.16 Å². The number of carboxylic acid groups (broad SMARTS) is 1. The third-order valence-electron chi connectivity index (χ3n) is 4.88. The quantitative estimate of drug-likeness (QED) is 0.321. The predicted molar refractivity (Wildman–Crippen MR) is 123 cm³/mol. The summed E-state index contributed by atoms with van der Waals surface area (Å²) < 4.78 is 25.0. The molecule has 1 unspecified atom stereocenters. The minimum atomic E-state index is -1.02. The number of hydrogen-bond acceptors (Lipinski definition) is 6. The lowest BCUT2D eigenvalue weighted by molar-refractivity contribution is -0.137. The van der Waals surface area contributed by atoms with Gasteiger partial charge in [0.05, 0.1) is 18.4 Å². The summed E-state index contributed by atoms with van der Waals surface area (Å²) in [6, 6.07) is 22.2. The van der Waals surface area contributed by atoms with Gasteiger partial charge in [0, 0.05) is 5.56 Å². The van der Waals surface area contributed by atoms with Crippen LogP contribution in [0.1, 0.15) is 29.0 Å². The van der Waals surface area contributed by atoms with Gasteiger partial charge < -0.3 is 19.4 Å². The summed E-state index contributed by atoms with van der Waals surface area (Å²) >= 11 is 0. The average Bonchev–Trinajstić information content (AvgIpc) is 2.84. The Balaban J connectivity index is 1.54. The van der Waals surface area contributed by atoms with Gasteiger partial charge in [-0.25, -0.2) is 4.39 Å². The number of nitrogens with zero attached hydrogens (tertiary/aromatic N) is 2. The largest absolute Gasteiger partial charge is 0.489 e. The lowest BCUT2D eigenvalue weighted by Gasteiger charge is -2.11. The number of oxime groups is 1. The summed E-state index contributed by atoms with van der Waals surface area (Å²) in [5.41, 5.74) is 2.57. The summed E-state index contributed by atoms with van der Waals surface area (Å²) in [4.78, 5) is 15.7. The van der Waals surface area contributed by atoms with Crippen LogP contribution in [0.25, 0.3) is 0 Å². The van der Waals surface area contributed by atoms with Crippen LogP contribution in [-0.2, 0) is 16.2 Å². The zero-order valence-corrected chi connectivity index (χ0v) is 18.5. The number of nitriles is 1. The molecule has 1 N–H and O–H groups in total. The van der Waals surface area contributed by atoms with E-state index in [1.54, 1.807) is 48.5 Å². The van der Waals surface area contributed by atoms with Crippen molar-refractivity contribution in [2.75, 3.05) is 13.7 Å². The first-order valence-corrected chi connectivity index (χ1v) is 10.4. The molecule has 0 aliphatic heterocycles. The Morgan fingerprint density at radius 3 is 2.35 bits per heavy atom. The highest BCUT2D eigenvalue weighted by Gasteiger charge is 2.14. The van der Waals surface area contributed by atoms with E-state index in [1.165, 1.54) is 19.2 Å². The molecule has 0 saturated heterocycles. The molecule has 1 atom stereocenters. The molecule has 34 heavy (non-hydrogen) atoms. The van der Waals surface area contributed by atoms with Crippen LogP contribution in [-0.4, -0.2) is 30.5 Å². The fraction of sp³-hybridized carbons (Fsp3) is 0.192. The Morgan fingerprint density at radius 2 is 1.74 bits per heavy atom. The van der Waals surface area contributed by atoms with Gasteiger partial charge in [0.1, 0.15) is 43.4 Å². The van der Waals surface area contributed by atoms with Gasteiger partial charge in [0.15, 0.2) is 0 Å². The van der Waals surface area contributed by atoms with Crippen LogP contribution in [0.4, 0.5) is 4.39 Å². The van der Waals surface area contributed by atoms with Gasteiger partial charge in [-0.1, -0.05) is 41.6 Å². The first-order chi connectivity index (χ1) is 16.5. The number of benzene rings is 3. The van der Waals surface area contributed by atoms with E-state index < -0.39 is 11.9 Å². The van der Waals surface area contributed by atoms with Crippen LogP contribution in [0.2, 0.25) is 0 Å². The van der Waals surface area contributed by atoms with Gasteiger partial charge in [-0.2, -0.15) is 5.26 Å². The second-order valence-corrected chi connectivity index (χ2v) is 7.30. The Labute approximate surface area is 196 Å². The number of ether oxygens (including phenoxy) is 2. The van der Waals surface area contributed by atoms with Crippen LogP contribution in [0, 0.1) is 17.1 Å². The summed E-state index contributed by atoms with van der Waals surface area (Å²) in [5.74, 6) is -0.878. The van der Waals surface area contributed by atoms with Crippen molar-refractivity contribution in [3.8, 4) is 17.6 Å². The number of aliphatic carboxylic acids is 1. The topological polar surface area (TPSA) is 101 Å². The maximum Gasteiger partial charge on any atom is 0.305 e. The van der Waals surface area contributed by atoms with Crippen LogP contribution >= 0.6 is 0 Å². The molecule has 0 aromatic heterocycles. The molecule has 0 amide bonds. The lowest BCUT2D eigenvalue weighted by atomic mass is 9.97. The Morgan fingerprint density at radius 1 is 1.06 bits per heavy atom. The Hall–Kier alpha value is -4.38. The van der Waals surface area contributed by atoms with Crippen molar-refractivity contribution in [1.82, 2.24) is 0 Å². The second-order valence-electron chi connectivity index (χ2n) is 7.30. The molecule has 3 aromatic rings. The van der Waals surface area contributed by atoms with E-state index in [9.17, 15) is 9.18 Å². The van der Waals surface area contributed by atoms with Gasteiger partial charge in [0.2, 0.25) is 0 Å². The molecular weight excluding hydrogens is 439 g/mol. The van der Waals surface area contributed by atoms with E-state index in [-0.39, 0.29) is 18.8 Å². The van der Waals surface area contributed by atoms with E-state index in [1.807, 2.05) is 18.2 Å². The van der Waals surface area contributed by atoms with Crippen molar-refractivity contribution < 1.29 is 28.6 Å². The van der Waals surface area contributed by atoms with Gasteiger partial charge in [-0.15, -0.1) is 0 Å². The lowest BCUT2D eigenvalue weighted by Crippen LogP contribution is -2.13. The van der Waals surface area contributed by atoms with Crippen molar-refractivity contribution in [2.45, 2.75) is 18.9 Å². The molecule has 0 aliphatic carbocycles. The monoisotopic (exact) mass is 462 g/mol. The van der Waals surface area contributed by atoms with Crippen LogP contribution in [0.5, 0.6) is 11.5 Å². The number of carbonyl (C=O) groups is 1. The molecule has 0 saturated carbocycles. The van der Waals surface area contributed by atoms with E-state index >= 15 is 0 Å². The van der Waals surface area contributed by atoms with Crippen molar-refractivity contribution in [3.05, 3.63) is 95.3 Å². The Kier molecular flexibility index (Phi) is 8.58. The molecule has 0 heterocycles. The zero-order valence-electron chi connectivity index (χ0n) is 18.5. The number of carboxylic acids is 1. The molecule has 8 heteroatoms. The molecule has 0 aliphatic rings. The van der Waals surface area contributed by atoms with E-state index in [0.29, 0.717) is 34.9 Å². The molecule has 0 fully saturated rings. The van der Waals surface area contributed by atoms with E-state index in [0.717, 1.165) is 5.56 Å². The third kappa shape index (κ3) is 7.07. The van der Waals surface area contributed by atoms with Crippen molar-refractivity contribution >= 4 is 11.7 Å².